The molecule has 2 aliphatic rings. The number of nitrogens with zero attached hydrogens (tertiary/aromatic N) is 4. The first-order chi connectivity index (χ1) is 11.4. The number of hydrogen-bond donors (Lipinski definition) is 2. The van der Waals surface area contributed by atoms with Gasteiger partial charge in [-0.15, -0.1) is 10.2 Å². The molecule has 0 amide bonds. The van der Waals surface area contributed by atoms with E-state index in [4.69, 9.17) is 0 Å². The largest absolute Gasteiger partial charge is 0.356 e. The molecular weight excluding hydrogens is 308 g/mol. The SMILES string of the molecule is CN=C(NCCc1nnc2n1CCCCC2)NCC1CCCS1. The molecule has 0 bridgehead atoms. The smallest absolute Gasteiger partial charge is 0.191 e. The lowest BCUT2D eigenvalue weighted by molar-refractivity contribution is 0.600. The van der Waals surface area contributed by atoms with Crippen molar-refractivity contribution in [2.24, 2.45) is 4.99 Å². The molecule has 0 aromatic carbocycles. The van der Waals surface area contributed by atoms with Gasteiger partial charge in [-0.25, -0.2) is 0 Å². The van der Waals surface area contributed by atoms with E-state index in [1.807, 2.05) is 7.05 Å². The zero-order chi connectivity index (χ0) is 15.9. The molecular formula is C16H28N6S. The molecule has 2 aliphatic heterocycles. The van der Waals surface area contributed by atoms with Crippen LogP contribution < -0.4 is 10.6 Å². The summed E-state index contributed by atoms with van der Waals surface area (Å²) in [7, 11) is 1.83. The highest BCUT2D eigenvalue weighted by molar-refractivity contribution is 8.00. The summed E-state index contributed by atoms with van der Waals surface area (Å²) in [6.07, 6.45) is 8.42. The van der Waals surface area contributed by atoms with Crippen LogP contribution in [0.2, 0.25) is 0 Å². The van der Waals surface area contributed by atoms with Gasteiger partial charge in [0, 0.05) is 44.8 Å². The molecule has 6 nitrogen and oxygen atoms in total. The van der Waals surface area contributed by atoms with Gasteiger partial charge in [0.05, 0.1) is 0 Å². The zero-order valence-electron chi connectivity index (χ0n) is 14.1. The molecule has 3 heterocycles. The molecule has 1 aromatic heterocycles. The standard InChI is InChI=1S/C16H28N6S/c1-17-16(19-12-13-6-5-11-23-13)18-9-8-15-21-20-14-7-3-2-4-10-22(14)15/h13H,2-12H2,1H3,(H2,17,18,19). The maximum atomic E-state index is 4.38. The van der Waals surface area contributed by atoms with Gasteiger partial charge >= 0.3 is 0 Å². The van der Waals surface area contributed by atoms with Crippen LogP contribution in [0, 0.1) is 0 Å². The monoisotopic (exact) mass is 336 g/mol. The Balaban J connectivity index is 1.43. The van der Waals surface area contributed by atoms with Gasteiger partial charge in [-0.2, -0.15) is 11.8 Å². The molecule has 1 saturated heterocycles. The second kappa shape index (κ2) is 8.57. The highest BCUT2D eigenvalue weighted by Crippen LogP contribution is 2.25. The average molecular weight is 337 g/mol. The normalized spacial score (nSPS) is 21.8. The summed E-state index contributed by atoms with van der Waals surface area (Å²) in [5, 5.41) is 16.3. The third-order valence-electron chi connectivity index (χ3n) is 4.57. The van der Waals surface area contributed by atoms with Crippen LogP contribution in [0.4, 0.5) is 0 Å². The van der Waals surface area contributed by atoms with Crippen molar-refractivity contribution in [3.05, 3.63) is 11.6 Å². The van der Waals surface area contributed by atoms with E-state index in [-0.39, 0.29) is 0 Å². The van der Waals surface area contributed by atoms with Crippen molar-refractivity contribution in [3.8, 4) is 0 Å². The Labute approximate surface area is 142 Å². The number of fused-ring (bicyclic) bond motifs is 1. The molecule has 128 valence electrons. The van der Waals surface area contributed by atoms with Gasteiger partial charge < -0.3 is 15.2 Å². The van der Waals surface area contributed by atoms with E-state index < -0.39 is 0 Å². The molecule has 0 radical (unpaired) electrons. The van der Waals surface area contributed by atoms with E-state index in [9.17, 15) is 0 Å². The zero-order valence-corrected chi connectivity index (χ0v) is 14.9. The first-order valence-electron chi connectivity index (χ1n) is 8.84. The molecule has 23 heavy (non-hydrogen) atoms. The lowest BCUT2D eigenvalue weighted by atomic mass is 10.2. The van der Waals surface area contributed by atoms with E-state index in [0.717, 1.165) is 49.5 Å². The molecule has 0 saturated carbocycles. The topological polar surface area (TPSA) is 67.1 Å². The number of guanidine groups is 1. The number of aryl methyl sites for hydroxylation is 1. The van der Waals surface area contributed by atoms with Crippen LogP contribution in [0.5, 0.6) is 0 Å². The Morgan fingerprint density at radius 1 is 1.26 bits per heavy atom. The first-order valence-corrected chi connectivity index (χ1v) is 9.89. The van der Waals surface area contributed by atoms with Gasteiger partial charge in [0.25, 0.3) is 0 Å². The fourth-order valence-corrected chi connectivity index (χ4v) is 4.46. The molecule has 2 N–H and O–H groups in total. The van der Waals surface area contributed by atoms with Crippen LogP contribution in [-0.4, -0.2) is 51.9 Å². The minimum atomic E-state index is 0.737. The van der Waals surface area contributed by atoms with E-state index in [0.29, 0.717) is 0 Å². The van der Waals surface area contributed by atoms with Crippen LogP contribution in [0.15, 0.2) is 4.99 Å². The third-order valence-corrected chi connectivity index (χ3v) is 5.97. The minimum Gasteiger partial charge on any atom is -0.356 e. The summed E-state index contributed by atoms with van der Waals surface area (Å²) in [6, 6.07) is 0. The van der Waals surface area contributed by atoms with Crippen molar-refractivity contribution < 1.29 is 0 Å². The fraction of sp³-hybridized carbons (Fsp3) is 0.812. The van der Waals surface area contributed by atoms with E-state index in [1.165, 1.54) is 43.7 Å². The van der Waals surface area contributed by atoms with Crippen LogP contribution in [0.1, 0.15) is 43.8 Å². The van der Waals surface area contributed by atoms with Crippen LogP contribution >= 0.6 is 11.8 Å². The van der Waals surface area contributed by atoms with Crippen molar-refractivity contribution in [1.82, 2.24) is 25.4 Å². The molecule has 1 fully saturated rings. The Bertz CT molecular complexity index is 521. The Hall–Kier alpha value is -1.24. The number of thioether (sulfide) groups is 1. The number of aromatic nitrogens is 3. The Morgan fingerprint density at radius 3 is 3.04 bits per heavy atom. The maximum Gasteiger partial charge on any atom is 0.191 e. The second-order valence-electron chi connectivity index (χ2n) is 6.26. The predicted octanol–water partition coefficient (Wildman–Crippen LogP) is 1.61. The van der Waals surface area contributed by atoms with Crippen molar-refractivity contribution in [3.63, 3.8) is 0 Å². The van der Waals surface area contributed by atoms with E-state index >= 15 is 0 Å². The third kappa shape index (κ3) is 4.62. The fourth-order valence-electron chi connectivity index (χ4n) is 3.26. The van der Waals surface area contributed by atoms with Gasteiger partial charge in [0.1, 0.15) is 11.6 Å². The van der Waals surface area contributed by atoms with Crippen molar-refractivity contribution in [1.29, 1.82) is 0 Å². The van der Waals surface area contributed by atoms with Crippen molar-refractivity contribution in [2.75, 3.05) is 25.9 Å². The quantitative estimate of drug-likeness (QED) is 0.632. The van der Waals surface area contributed by atoms with Crippen LogP contribution in [0.25, 0.3) is 0 Å². The van der Waals surface area contributed by atoms with Gasteiger partial charge in [0.2, 0.25) is 0 Å². The number of rotatable bonds is 5. The minimum absolute atomic E-state index is 0.737. The predicted molar refractivity (Wildman–Crippen MR) is 96.1 cm³/mol. The van der Waals surface area contributed by atoms with Gasteiger partial charge in [-0.3, -0.25) is 4.99 Å². The summed E-state index contributed by atoms with van der Waals surface area (Å²) < 4.78 is 2.32. The van der Waals surface area contributed by atoms with E-state index in [2.05, 4.69) is 42.2 Å². The van der Waals surface area contributed by atoms with Crippen LogP contribution in [0.3, 0.4) is 0 Å². The molecule has 7 heteroatoms. The maximum absolute atomic E-state index is 4.38. The van der Waals surface area contributed by atoms with E-state index in [1.54, 1.807) is 0 Å². The summed E-state index contributed by atoms with van der Waals surface area (Å²) in [4.78, 5) is 4.31. The molecule has 0 aliphatic carbocycles. The Kier molecular flexibility index (Phi) is 6.19. The first kappa shape index (κ1) is 16.6. The highest BCUT2D eigenvalue weighted by atomic mass is 32.2. The van der Waals surface area contributed by atoms with Crippen molar-refractivity contribution in [2.45, 2.75) is 56.7 Å². The number of aliphatic imine (C=N–C) groups is 1. The van der Waals surface area contributed by atoms with Gasteiger partial charge in [-0.05, 0) is 31.4 Å². The average Bonchev–Trinajstić information content (AvgIpc) is 3.16. The van der Waals surface area contributed by atoms with Gasteiger partial charge in [-0.1, -0.05) is 6.42 Å². The molecule has 1 unspecified atom stereocenters. The lowest BCUT2D eigenvalue weighted by Crippen LogP contribution is -2.41. The number of nitrogens with one attached hydrogen (secondary N) is 2. The Morgan fingerprint density at radius 2 is 2.22 bits per heavy atom. The van der Waals surface area contributed by atoms with Gasteiger partial charge in [0.15, 0.2) is 5.96 Å². The molecule has 1 atom stereocenters. The van der Waals surface area contributed by atoms with Crippen molar-refractivity contribution >= 4 is 17.7 Å². The summed E-state index contributed by atoms with van der Waals surface area (Å²) >= 11 is 2.07. The summed E-state index contributed by atoms with van der Waals surface area (Å²) in [5.74, 6) is 4.47. The second-order valence-corrected chi connectivity index (χ2v) is 7.67. The lowest BCUT2D eigenvalue weighted by Gasteiger charge is -2.15. The molecule has 3 rings (SSSR count). The van der Waals surface area contributed by atoms with Crippen LogP contribution in [-0.2, 0) is 19.4 Å². The summed E-state index contributed by atoms with van der Waals surface area (Å²) in [6.45, 7) is 2.92. The molecule has 0 spiro atoms. The summed E-state index contributed by atoms with van der Waals surface area (Å²) in [5.41, 5.74) is 0. The number of hydrogen-bond acceptors (Lipinski definition) is 4. The highest BCUT2D eigenvalue weighted by Gasteiger charge is 2.16. The molecule has 1 aromatic rings.